The van der Waals surface area contributed by atoms with Crippen LogP contribution in [0.15, 0.2) is 168 Å². The average molecular weight is 2140 g/mol. The van der Waals surface area contributed by atoms with Crippen molar-refractivity contribution in [2.75, 3.05) is 27.8 Å². The first-order valence-electron chi connectivity index (χ1n) is 44.4. The molecule has 0 bridgehead atoms. The Labute approximate surface area is 860 Å². The number of nitrogen functional groups attached to an aromatic ring is 3. The van der Waals surface area contributed by atoms with Crippen molar-refractivity contribution in [2.45, 2.75) is 159 Å². The number of carbonyl (C=O) groups is 4. The van der Waals surface area contributed by atoms with Gasteiger partial charge in [-0.3, -0.25) is 41.8 Å². The molecule has 0 aliphatic rings. The standard InChI is InChI=1S/C26H28ClN9O4.C21H21BrClN5O4.C21H20ClN9O2.2C10H16N4O2.C5H4N4.CH4/c1-26(2,3)40-24(38)29-12-19-28-10-9-18(31-19)32-23-33-21-20(34(23)4)22(37)36(25(39)35(21)5)13-14-11-15-16(27)7-6-8-17(15)30-14;1-21(2,3)32-20(31)28-11(9-12-13(23)7-6-8-14(12)28)10-27-17(29)15-16(26(5)19(27)30)24-18(22)25(15)4;1-29-17-18(28-20(29)27-15-6-7-24-16(9-23)26-15)30(2)21(33)31(19(17)32)10-11-8-12-13(22)4-3-5-14(12)25-11;2*1-10(2,3)16-9(15)13-6-8-12-5-4-7(11)14-8;6-3-5-8-2-1-4(7)9-5;/h6-11,30H,12-13H2,1-5H3,(H,29,38)(H,28,31,32,33);6-9H,10H2,1-5H3;3-8,25H,9-10,23H2,1-2H3,(H,24,26,27,28);2*4-5H,6H2,1-3H3,(H,13,15)(H2,11,12,14);1-2H,(H2,7,8,9);1H4. The van der Waals surface area contributed by atoms with Gasteiger partial charge in [-0.1, -0.05) is 60.4 Å². The zero-order chi connectivity index (χ0) is 107. The molecule has 53 heteroatoms. The minimum atomic E-state index is -0.740. The lowest BCUT2D eigenvalue weighted by molar-refractivity contribution is 0.0511. The Morgan fingerprint density at radius 1 is 0.429 bits per heavy atom. The number of nitrogens with one attached hydrogen (secondary N) is 7. The number of fused-ring (bicyclic) bond motifs is 6. The summed E-state index contributed by atoms with van der Waals surface area (Å²) in [6.07, 6.45) is 5.41. The summed E-state index contributed by atoms with van der Waals surface area (Å²) in [5, 5.41) is 25.9. The number of aryl methyl sites for hydroxylation is 6. The van der Waals surface area contributed by atoms with E-state index in [1.165, 1.54) is 53.7 Å². The second-order valence-corrected chi connectivity index (χ2v) is 38.1. The molecule has 17 aromatic rings. The van der Waals surface area contributed by atoms with E-state index >= 15 is 0 Å². The molecule has 0 fully saturated rings. The van der Waals surface area contributed by atoms with Crippen molar-refractivity contribution in [2.24, 2.45) is 48.0 Å². The number of hydrogen-bond donors (Lipinski definition) is 11. The number of nitrogens with zero attached hydrogens (tertiary/aromatic N) is 24. The maximum Gasteiger partial charge on any atom is 0.419 e. The zero-order valence-corrected chi connectivity index (χ0v) is 86.3. The largest absolute Gasteiger partial charge is 0.444 e. The molecule has 772 valence electrons. The fourth-order valence-corrected chi connectivity index (χ4v) is 15.1. The first-order chi connectivity index (χ1) is 68.7. The van der Waals surface area contributed by atoms with Crippen molar-refractivity contribution < 1.29 is 38.1 Å². The number of rotatable bonds is 17. The lowest BCUT2D eigenvalue weighted by Gasteiger charge is -2.21. The molecule has 0 spiro atoms. The first kappa shape index (κ1) is 111. The van der Waals surface area contributed by atoms with Gasteiger partial charge in [0.25, 0.3) is 16.7 Å². The van der Waals surface area contributed by atoms with Crippen molar-refractivity contribution in [1.29, 1.82) is 5.26 Å². The summed E-state index contributed by atoms with van der Waals surface area (Å²) < 4.78 is 34.8. The van der Waals surface area contributed by atoms with Crippen LogP contribution in [0.3, 0.4) is 0 Å². The highest BCUT2D eigenvalue weighted by molar-refractivity contribution is 9.10. The van der Waals surface area contributed by atoms with Crippen LogP contribution in [-0.2, 0) is 107 Å². The van der Waals surface area contributed by atoms with Crippen LogP contribution in [0.1, 0.15) is 137 Å². The number of hydrogen-bond acceptors (Lipinski definition) is 34. The monoisotopic (exact) mass is 2140 g/mol. The van der Waals surface area contributed by atoms with Gasteiger partial charge in [-0.2, -0.15) is 15.2 Å². The molecule has 15 N–H and O–H groups in total. The third-order valence-electron chi connectivity index (χ3n) is 20.5. The number of benzene rings is 3. The molecular formula is C94H109BrCl3N35O14. The summed E-state index contributed by atoms with van der Waals surface area (Å²) in [5.41, 5.74) is 21.8. The summed E-state index contributed by atoms with van der Waals surface area (Å²) >= 11 is 22.2. The van der Waals surface area contributed by atoms with Crippen LogP contribution < -0.4 is 83.3 Å². The molecule has 14 heterocycles. The highest BCUT2D eigenvalue weighted by Crippen LogP contribution is 2.31. The van der Waals surface area contributed by atoms with Gasteiger partial charge >= 0.3 is 41.4 Å². The van der Waals surface area contributed by atoms with Gasteiger partial charge in [-0.25, -0.2) is 93.0 Å². The number of amides is 3. The van der Waals surface area contributed by atoms with Crippen LogP contribution in [0.25, 0.3) is 66.2 Å². The predicted octanol–water partition coefficient (Wildman–Crippen LogP) is 11.2. The quantitative estimate of drug-likeness (QED) is 0.0298. The Hall–Kier alpha value is -16.8. The summed E-state index contributed by atoms with van der Waals surface area (Å²) in [5.74, 6) is 4.38. The van der Waals surface area contributed by atoms with E-state index in [1.54, 1.807) is 212 Å². The van der Waals surface area contributed by atoms with E-state index in [4.69, 9.17) is 81.9 Å². The normalized spacial score (nSPS) is 11.3. The number of halogens is 4. The lowest BCUT2D eigenvalue weighted by atomic mass is 10.2. The minimum absolute atomic E-state index is 0. The molecule has 0 saturated heterocycles. The minimum Gasteiger partial charge on any atom is -0.444 e. The Morgan fingerprint density at radius 3 is 1.16 bits per heavy atom. The van der Waals surface area contributed by atoms with Crippen LogP contribution in [0.4, 0.5) is 60.2 Å². The number of nitrogens with two attached hydrogens (primary N) is 4. The van der Waals surface area contributed by atoms with Gasteiger partial charge in [0.15, 0.2) is 38.2 Å². The van der Waals surface area contributed by atoms with E-state index in [2.05, 4.69) is 117 Å². The molecule has 0 aliphatic carbocycles. The van der Waals surface area contributed by atoms with Crippen LogP contribution in [0.5, 0.6) is 0 Å². The Kier molecular flexibility index (Phi) is 34.8. The van der Waals surface area contributed by atoms with E-state index in [9.17, 15) is 47.9 Å². The molecule has 0 atom stereocenters. The first-order valence-corrected chi connectivity index (χ1v) is 46.3. The molecule has 0 unspecified atom stereocenters. The van der Waals surface area contributed by atoms with Crippen LogP contribution in [0, 0.1) is 11.3 Å². The van der Waals surface area contributed by atoms with Gasteiger partial charge in [-0.05, 0) is 184 Å². The maximum atomic E-state index is 13.5. The van der Waals surface area contributed by atoms with Crippen molar-refractivity contribution in [3.63, 3.8) is 0 Å². The van der Waals surface area contributed by atoms with Crippen molar-refractivity contribution in [1.82, 2.24) is 136 Å². The van der Waals surface area contributed by atoms with E-state index < -0.39 is 80.5 Å². The number of nitriles is 1. The molecule has 17 rings (SSSR count). The topological polar surface area (TPSA) is 644 Å². The molecule has 49 nitrogen and oxygen atoms in total. The Balaban J connectivity index is 0.000000177. The van der Waals surface area contributed by atoms with E-state index in [0.29, 0.717) is 112 Å². The Bertz CT molecular complexity index is 8190. The number of aromatic amines is 2. The summed E-state index contributed by atoms with van der Waals surface area (Å²) in [6.45, 7) is 21.9. The molecule has 0 radical (unpaired) electrons. The number of carbonyl (C=O) groups excluding carboxylic acids is 4. The van der Waals surface area contributed by atoms with Gasteiger partial charge < -0.3 is 92.1 Å². The van der Waals surface area contributed by atoms with Gasteiger partial charge in [0, 0.05) is 127 Å². The molecule has 3 amide bonds. The lowest BCUT2D eigenvalue weighted by Crippen LogP contribution is -2.40. The summed E-state index contributed by atoms with van der Waals surface area (Å²) in [7, 11) is 9.72. The van der Waals surface area contributed by atoms with Crippen LogP contribution >= 0.6 is 50.7 Å². The van der Waals surface area contributed by atoms with Crippen LogP contribution in [0.2, 0.25) is 15.1 Å². The van der Waals surface area contributed by atoms with Gasteiger partial charge in [0.2, 0.25) is 17.7 Å². The van der Waals surface area contributed by atoms with Gasteiger partial charge in [0.05, 0.1) is 57.0 Å². The smallest absolute Gasteiger partial charge is 0.419 e. The summed E-state index contributed by atoms with van der Waals surface area (Å²) in [6, 6.07) is 31.2. The van der Waals surface area contributed by atoms with E-state index in [0.717, 1.165) is 30.9 Å². The third kappa shape index (κ3) is 27.8. The maximum absolute atomic E-state index is 13.5. The molecule has 0 saturated carbocycles. The second kappa shape index (κ2) is 46.3. The molecule has 0 aliphatic heterocycles. The number of anilines is 7. The summed E-state index contributed by atoms with van der Waals surface area (Å²) in [4.78, 5) is 187. The fourth-order valence-electron chi connectivity index (χ4n) is 14.0. The van der Waals surface area contributed by atoms with Crippen molar-refractivity contribution in [3.05, 3.63) is 263 Å². The molecule has 14 aromatic heterocycles. The number of imidazole rings is 3. The number of alkyl carbamates (subject to hydrolysis) is 3. The zero-order valence-electron chi connectivity index (χ0n) is 82.4. The van der Waals surface area contributed by atoms with Crippen molar-refractivity contribution in [3.8, 4) is 6.07 Å². The number of ether oxygens (including phenoxy) is 4. The molecule has 3 aromatic carbocycles. The van der Waals surface area contributed by atoms with Gasteiger partial charge in [-0.15, -0.1) is 0 Å². The number of aromatic nitrogens is 25. The number of H-pyrrole nitrogens is 2. The molecular weight excluding hydrogens is 2030 g/mol. The second-order valence-electron chi connectivity index (χ2n) is 36.2. The Morgan fingerprint density at radius 2 is 0.782 bits per heavy atom. The highest BCUT2D eigenvalue weighted by atomic mass is 79.9. The van der Waals surface area contributed by atoms with E-state index in [1.807, 2.05) is 36.4 Å². The SMILES string of the molecule is C.CC(C)(C)OC(=O)NCc1nccc(N)n1.CC(C)(C)OC(=O)NCc1nccc(N)n1.Cn1c(Br)nc2c1c(=O)n(Cc1cc3c(Cl)cccc3n1C(=O)OC(C)(C)C)c(=O)n2C.Cn1c(Nc2ccnc(CN)n2)nc2c1c(=O)n(Cc1cc3c(Cl)cccc3[nH]1)c(=O)n2C.Cn1c(Nc2ccnc(CNC(=O)OC(C)(C)C)n2)nc2c1c(=O)n(Cc1cc3c(Cl)cccc3[nH]1)c(=O)n2C.N#Cc1nccc(N)n1. The van der Waals surface area contributed by atoms with Crippen molar-refractivity contribution >= 4 is 182 Å². The van der Waals surface area contributed by atoms with Gasteiger partial charge in [0.1, 0.15) is 80.9 Å². The fraction of sp³-hybridized carbons (Fsp3) is 0.319. The van der Waals surface area contributed by atoms with Crippen LogP contribution in [-0.4, -0.2) is 167 Å². The molecule has 147 heavy (non-hydrogen) atoms. The van der Waals surface area contributed by atoms with E-state index in [-0.39, 0.29) is 92.6 Å². The highest BCUT2D eigenvalue weighted by Gasteiger charge is 2.29. The predicted molar refractivity (Wildman–Crippen MR) is 559 cm³/mol. The average Bonchev–Trinajstić information content (AvgIpc) is 1.61. The third-order valence-corrected chi connectivity index (χ3v) is 22.2.